The van der Waals surface area contributed by atoms with Crippen LogP contribution in [-0.2, 0) is 6.54 Å². The monoisotopic (exact) mass is 191 g/mol. The maximum absolute atomic E-state index is 5.92. The summed E-state index contributed by atoms with van der Waals surface area (Å²) in [6.07, 6.45) is 1.37. The molecule has 0 radical (unpaired) electrons. The fourth-order valence-corrected chi connectivity index (χ4v) is 1.73. The normalized spacial score (nSPS) is 20.9. The summed E-state index contributed by atoms with van der Waals surface area (Å²) in [5, 5.41) is 3.40. The highest BCUT2D eigenvalue weighted by molar-refractivity contribution is 5.37. The third-order valence-corrected chi connectivity index (χ3v) is 2.66. The van der Waals surface area contributed by atoms with Crippen molar-refractivity contribution >= 4 is 0 Å². The fourth-order valence-electron chi connectivity index (χ4n) is 1.73. The van der Waals surface area contributed by atoms with Crippen LogP contribution in [0.1, 0.15) is 24.5 Å². The van der Waals surface area contributed by atoms with Gasteiger partial charge in [-0.2, -0.15) is 0 Å². The first-order chi connectivity index (χ1) is 6.79. The summed E-state index contributed by atoms with van der Waals surface area (Å²) < 4.78 is 5.92. The van der Waals surface area contributed by atoms with Crippen LogP contribution in [0.5, 0.6) is 5.75 Å². The molecule has 1 aromatic rings. The van der Waals surface area contributed by atoms with Crippen LogP contribution in [0, 0.1) is 6.92 Å². The molecule has 1 aromatic carbocycles. The lowest BCUT2D eigenvalue weighted by Crippen LogP contribution is -2.27. The van der Waals surface area contributed by atoms with Gasteiger partial charge in [0.2, 0.25) is 0 Å². The molecule has 1 atom stereocenters. The van der Waals surface area contributed by atoms with Crippen LogP contribution in [0.15, 0.2) is 18.2 Å². The Kier molecular flexibility index (Phi) is 2.73. The largest absolute Gasteiger partial charge is 0.489 e. The van der Waals surface area contributed by atoms with Gasteiger partial charge in [-0.25, -0.2) is 0 Å². The Labute approximate surface area is 85.3 Å². The number of ether oxygens (including phenoxy) is 1. The summed E-state index contributed by atoms with van der Waals surface area (Å²) in [7, 11) is 0. The Bertz CT molecular complexity index is 322. The Morgan fingerprint density at radius 1 is 1.50 bits per heavy atom. The minimum Gasteiger partial charge on any atom is -0.489 e. The molecule has 2 rings (SSSR count). The van der Waals surface area contributed by atoms with Crippen LogP contribution in [-0.4, -0.2) is 12.6 Å². The van der Waals surface area contributed by atoms with E-state index in [-0.39, 0.29) is 0 Å². The maximum atomic E-state index is 5.92. The Balaban J connectivity index is 2.28. The molecule has 0 bridgehead atoms. The fraction of sp³-hybridized carbons (Fsp3) is 0.500. The molecule has 0 aromatic heterocycles. The van der Waals surface area contributed by atoms with Gasteiger partial charge >= 0.3 is 0 Å². The second-order valence-electron chi connectivity index (χ2n) is 3.89. The van der Waals surface area contributed by atoms with Gasteiger partial charge in [-0.15, -0.1) is 0 Å². The number of fused-ring (bicyclic) bond motifs is 1. The van der Waals surface area contributed by atoms with Gasteiger partial charge < -0.3 is 10.1 Å². The van der Waals surface area contributed by atoms with Crippen molar-refractivity contribution in [2.45, 2.75) is 32.9 Å². The minimum atomic E-state index is 0.318. The van der Waals surface area contributed by atoms with Crippen molar-refractivity contribution in [1.82, 2.24) is 5.32 Å². The highest BCUT2D eigenvalue weighted by Gasteiger charge is 2.15. The van der Waals surface area contributed by atoms with E-state index in [0.717, 1.165) is 25.3 Å². The minimum absolute atomic E-state index is 0.318. The molecule has 0 spiro atoms. The third-order valence-electron chi connectivity index (χ3n) is 2.66. The van der Waals surface area contributed by atoms with E-state index in [9.17, 15) is 0 Å². The molecule has 0 aliphatic carbocycles. The third kappa shape index (κ3) is 1.90. The molecule has 1 heterocycles. The number of nitrogens with one attached hydrogen (secondary N) is 1. The van der Waals surface area contributed by atoms with Gasteiger partial charge in [0.1, 0.15) is 11.9 Å². The first kappa shape index (κ1) is 9.53. The van der Waals surface area contributed by atoms with Gasteiger partial charge in [0, 0.05) is 18.7 Å². The van der Waals surface area contributed by atoms with E-state index in [1.165, 1.54) is 11.1 Å². The molecule has 2 heteroatoms. The number of hydrogen-bond donors (Lipinski definition) is 1. The van der Waals surface area contributed by atoms with Gasteiger partial charge in [0.05, 0.1) is 0 Å². The van der Waals surface area contributed by atoms with Crippen LogP contribution in [0.4, 0.5) is 0 Å². The molecule has 0 saturated heterocycles. The SMILES string of the molecule is CCC1CNCc2ccc(C)cc2O1. The van der Waals surface area contributed by atoms with Crippen LogP contribution >= 0.6 is 0 Å². The van der Waals surface area contributed by atoms with Gasteiger partial charge in [0.15, 0.2) is 0 Å². The molecule has 1 N–H and O–H groups in total. The van der Waals surface area contributed by atoms with E-state index >= 15 is 0 Å². The van der Waals surface area contributed by atoms with Crippen molar-refractivity contribution in [2.75, 3.05) is 6.54 Å². The summed E-state index contributed by atoms with van der Waals surface area (Å²) in [4.78, 5) is 0. The quantitative estimate of drug-likeness (QED) is 0.735. The molecule has 0 saturated carbocycles. The summed E-state index contributed by atoms with van der Waals surface area (Å²) in [5.74, 6) is 1.06. The number of benzene rings is 1. The van der Waals surface area contributed by atoms with Gasteiger partial charge in [-0.1, -0.05) is 19.1 Å². The molecule has 2 nitrogen and oxygen atoms in total. The van der Waals surface area contributed by atoms with Crippen LogP contribution in [0.25, 0.3) is 0 Å². The molecule has 14 heavy (non-hydrogen) atoms. The van der Waals surface area contributed by atoms with Crippen molar-refractivity contribution in [3.05, 3.63) is 29.3 Å². The van der Waals surface area contributed by atoms with E-state index < -0.39 is 0 Å². The van der Waals surface area contributed by atoms with E-state index in [0.29, 0.717) is 6.10 Å². The maximum Gasteiger partial charge on any atom is 0.124 e. The molecule has 1 aliphatic heterocycles. The summed E-state index contributed by atoms with van der Waals surface area (Å²) in [6, 6.07) is 6.41. The lowest BCUT2D eigenvalue weighted by Gasteiger charge is -2.15. The first-order valence-electron chi connectivity index (χ1n) is 5.26. The first-order valence-corrected chi connectivity index (χ1v) is 5.26. The topological polar surface area (TPSA) is 21.3 Å². The van der Waals surface area contributed by atoms with Gasteiger partial charge in [-0.05, 0) is 25.0 Å². The summed E-state index contributed by atoms with van der Waals surface area (Å²) >= 11 is 0. The molecule has 76 valence electrons. The van der Waals surface area contributed by atoms with Crippen molar-refractivity contribution in [1.29, 1.82) is 0 Å². The average molecular weight is 191 g/mol. The zero-order valence-electron chi connectivity index (χ0n) is 8.84. The van der Waals surface area contributed by atoms with Crippen LogP contribution in [0.3, 0.4) is 0 Å². The smallest absolute Gasteiger partial charge is 0.124 e. The van der Waals surface area contributed by atoms with Crippen LogP contribution in [0.2, 0.25) is 0 Å². The lowest BCUT2D eigenvalue weighted by atomic mass is 10.1. The van der Waals surface area contributed by atoms with Crippen molar-refractivity contribution in [3.8, 4) is 5.75 Å². The van der Waals surface area contributed by atoms with E-state index in [1.807, 2.05) is 0 Å². The van der Waals surface area contributed by atoms with E-state index in [2.05, 4.69) is 37.4 Å². The molecule has 0 fully saturated rings. The van der Waals surface area contributed by atoms with Gasteiger partial charge in [0.25, 0.3) is 0 Å². The molecular weight excluding hydrogens is 174 g/mol. The summed E-state index contributed by atoms with van der Waals surface area (Å²) in [5.41, 5.74) is 2.53. The molecule has 1 aliphatic rings. The zero-order valence-corrected chi connectivity index (χ0v) is 8.84. The van der Waals surface area contributed by atoms with E-state index in [1.54, 1.807) is 0 Å². The van der Waals surface area contributed by atoms with Crippen LogP contribution < -0.4 is 10.1 Å². The number of rotatable bonds is 1. The van der Waals surface area contributed by atoms with Gasteiger partial charge in [-0.3, -0.25) is 0 Å². The highest BCUT2D eigenvalue weighted by Crippen LogP contribution is 2.23. The Morgan fingerprint density at radius 3 is 3.14 bits per heavy atom. The van der Waals surface area contributed by atoms with Crippen molar-refractivity contribution in [3.63, 3.8) is 0 Å². The highest BCUT2D eigenvalue weighted by atomic mass is 16.5. The lowest BCUT2D eigenvalue weighted by molar-refractivity contribution is 0.202. The second kappa shape index (κ2) is 4.01. The summed E-state index contributed by atoms with van der Waals surface area (Å²) in [6.45, 7) is 6.13. The van der Waals surface area contributed by atoms with Crippen molar-refractivity contribution < 1.29 is 4.74 Å². The standard InChI is InChI=1S/C12H17NO/c1-3-11-8-13-7-10-5-4-9(2)6-12(10)14-11/h4-6,11,13H,3,7-8H2,1-2H3. The Morgan fingerprint density at radius 2 is 2.36 bits per heavy atom. The molecule has 0 amide bonds. The molecular formula is C12H17NO. The second-order valence-corrected chi connectivity index (χ2v) is 3.89. The predicted octanol–water partition coefficient (Wildman–Crippen LogP) is 2.26. The Hall–Kier alpha value is -1.02. The predicted molar refractivity (Wildman–Crippen MR) is 57.6 cm³/mol. The molecule has 1 unspecified atom stereocenters. The van der Waals surface area contributed by atoms with E-state index in [4.69, 9.17) is 4.74 Å². The zero-order chi connectivity index (χ0) is 9.97. The number of hydrogen-bond acceptors (Lipinski definition) is 2. The average Bonchev–Trinajstić information content (AvgIpc) is 2.38. The van der Waals surface area contributed by atoms with Crippen molar-refractivity contribution in [2.24, 2.45) is 0 Å². The number of aryl methyl sites for hydroxylation is 1.